The van der Waals surface area contributed by atoms with E-state index in [0.29, 0.717) is 0 Å². The maximum absolute atomic E-state index is 12.2. The van der Waals surface area contributed by atoms with E-state index in [2.05, 4.69) is 15.9 Å². The number of ketones is 1. The van der Waals surface area contributed by atoms with Gasteiger partial charge in [0.05, 0.1) is 0 Å². The molecule has 0 amide bonds. The SMILES string of the molecule is Cc1cc(C(=O)c2ccsc2)c(C)cc1Br. The molecule has 16 heavy (non-hydrogen) atoms. The Labute approximate surface area is 107 Å². The molecule has 0 saturated heterocycles. The molecule has 0 radical (unpaired) electrons. The van der Waals surface area contributed by atoms with E-state index >= 15 is 0 Å². The van der Waals surface area contributed by atoms with Crippen LogP contribution in [0.25, 0.3) is 0 Å². The molecule has 0 aliphatic carbocycles. The van der Waals surface area contributed by atoms with Crippen LogP contribution in [0, 0.1) is 13.8 Å². The lowest BCUT2D eigenvalue weighted by atomic mass is 9.99. The minimum Gasteiger partial charge on any atom is -0.289 e. The Hall–Kier alpha value is -0.930. The number of thiophene rings is 1. The second kappa shape index (κ2) is 4.52. The molecule has 0 bridgehead atoms. The molecule has 0 unspecified atom stereocenters. The Bertz CT molecular complexity index is 529. The third-order valence-electron chi connectivity index (χ3n) is 2.53. The maximum atomic E-state index is 12.2. The number of aryl methyl sites for hydroxylation is 2. The van der Waals surface area contributed by atoms with E-state index in [-0.39, 0.29) is 5.78 Å². The Morgan fingerprint density at radius 1 is 1.25 bits per heavy atom. The zero-order chi connectivity index (χ0) is 11.7. The van der Waals surface area contributed by atoms with Gasteiger partial charge in [-0.25, -0.2) is 0 Å². The van der Waals surface area contributed by atoms with Crippen LogP contribution in [-0.4, -0.2) is 5.78 Å². The third-order valence-corrected chi connectivity index (χ3v) is 4.07. The predicted octanol–water partition coefficient (Wildman–Crippen LogP) is 4.36. The smallest absolute Gasteiger partial charge is 0.194 e. The molecule has 3 heteroatoms. The summed E-state index contributed by atoms with van der Waals surface area (Å²) in [7, 11) is 0. The molecule has 0 atom stereocenters. The van der Waals surface area contributed by atoms with Crippen LogP contribution in [0.3, 0.4) is 0 Å². The molecule has 0 saturated carbocycles. The summed E-state index contributed by atoms with van der Waals surface area (Å²) in [6.45, 7) is 3.96. The van der Waals surface area contributed by atoms with Crippen molar-refractivity contribution in [3.05, 3.63) is 55.7 Å². The normalized spacial score (nSPS) is 10.4. The third kappa shape index (κ3) is 2.11. The summed E-state index contributed by atoms with van der Waals surface area (Å²) >= 11 is 5.01. The summed E-state index contributed by atoms with van der Waals surface area (Å²) in [6.07, 6.45) is 0. The van der Waals surface area contributed by atoms with Gasteiger partial charge in [-0.2, -0.15) is 11.3 Å². The van der Waals surface area contributed by atoms with Crippen molar-refractivity contribution < 1.29 is 4.79 Å². The quantitative estimate of drug-likeness (QED) is 0.752. The number of rotatable bonds is 2. The number of hydrogen-bond acceptors (Lipinski definition) is 2. The zero-order valence-corrected chi connectivity index (χ0v) is 11.5. The highest BCUT2D eigenvalue weighted by Crippen LogP contribution is 2.23. The van der Waals surface area contributed by atoms with Crippen LogP contribution >= 0.6 is 27.3 Å². The molecular weight excluding hydrogens is 284 g/mol. The Balaban J connectivity index is 2.49. The van der Waals surface area contributed by atoms with E-state index in [1.807, 2.05) is 42.8 Å². The second-order valence-corrected chi connectivity index (χ2v) is 5.39. The monoisotopic (exact) mass is 294 g/mol. The standard InChI is InChI=1S/C13H11BrOS/c1-8-6-12(14)9(2)5-11(8)13(15)10-3-4-16-7-10/h3-7H,1-2H3. The van der Waals surface area contributed by atoms with E-state index in [1.54, 1.807) is 11.3 Å². The summed E-state index contributed by atoms with van der Waals surface area (Å²) in [5.74, 6) is 0.106. The molecule has 0 N–H and O–H groups in total. The van der Waals surface area contributed by atoms with Gasteiger partial charge < -0.3 is 0 Å². The average Bonchev–Trinajstić information content (AvgIpc) is 2.75. The minimum absolute atomic E-state index is 0.106. The van der Waals surface area contributed by atoms with Gasteiger partial charge in [0.15, 0.2) is 5.78 Å². The summed E-state index contributed by atoms with van der Waals surface area (Å²) in [6, 6.07) is 5.80. The molecule has 1 nitrogen and oxygen atoms in total. The molecule has 0 spiro atoms. The summed E-state index contributed by atoms with van der Waals surface area (Å²) < 4.78 is 1.05. The fourth-order valence-electron chi connectivity index (χ4n) is 1.57. The number of hydrogen-bond donors (Lipinski definition) is 0. The highest BCUT2D eigenvalue weighted by Gasteiger charge is 2.13. The molecular formula is C13H11BrOS. The first-order valence-corrected chi connectivity index (χ1v) is 6.67. The second-order valence-electron chi connectivity index (χ2n) is 3.76. The van der Waals surface area contributed by atoms with Crippen LogP contribution < -0.4 is 0 Å². The van der Waals surface area contributed by atoms with Gasteiger partial charge >= 0.3 is 0 Å². The van der Waals surface area contributed by atoms with Gasteiger partial charge in [-0.05, 0) is 48.6 Å². The minimum atomic E-state index is 0.106. The van der Waals surface area contributed by atoms with Gasteiger partial charge in [0.2, 0.25) is 0 Å². The van der Waals surface area contributed by atoms with Gasteiger partial charge in [0, 0.05) is 21.0 Å². The Kier molecular flexibility index (Phi) is 3.26. The molecule has 1 heterocycles. The van der Waals surface area contributed by atoms with Crippen molar-refractivity contribution >= 4 is 33.0 Å². The van der Waals surface area contributed by atoms with Crippen LogP contribution in [0.15, 0.2) is 33.4 Å². The van der Waals surface area contributed by atoms with Gasteiger partial charge in [0.1, 0.15) is 0 Å². The van der Waals surface area contributed by atoms with Gasteiger partial charge in [0.25, 0.3) is 0 Å². The van der Waals surface area contributed by atoms with Crippen LogP contribution in [0.4, 0.5) is 0 Å². The van der Waals surface area contributed by atoms with E-state index in [0.717, 1.165) is 26.7 Å². The van der Waals surface area contributed by atoms with Crippen molar-refractivity contribution in [1.29, 1.82) is 0 Å². The van der Waals surface area contributed by atoms with E-state index in [4.69, 9.17) is 0 Å². The number of halogens is 1. The topological polar surface area (TPSA) is 17.1 Å². The van der Waals surface area contributed by atoms with Crippen LogP contribution in [0.1, 0.15) is 27.0 Å². The Morgan fingerprint density at radius 3 is 2.62 bits per heavy atom. The van der Waals surface area contributed by atoms with Crippen molar-refractivity contribution in [1.82, 2.24) is 0 Å². The highest BCUT2D eigenvalue weighted by atomic mass is 79.9. The highest BCUT2D eigenvalue weighted by molar-refractivity contribution is 9.10. The maximum Gasteiger partial charge on any atom is 0.194 e. The number of carbonyl (C=O) groups is 1. The first kappa shape index (κ1) is 11.6. The molecule has 2 rings (SSSR count). The fourth-order valence-corrected chi connectivity index (χ4v) is 2.67. The van der Waals surface area contributed by atoms with Crippen LogP contribution in [-0.2, 0) is 0 Å². The van der Waals surface area contributed by atoms with Gasteiger partial charge in [-0.3, -0.25) is 4.79 Å². The molecule has 1 aromatic heterocycles. The van der Waals surface area contributed by atoms with Crippen molar-refractivity contribution in [3.63, 3.8) is 0 Å². The molecule has 1 aromatic carbocycles. The lowest BCUT2D eigenvalue weighted by Gasteiger charge is -2.07. The van der Waals surface area contributed by atoms with Crippen molar-refractivity contribution in [2.24, 2.45) is 0 Å². The molecule has 82 valence electrons. The molecule has 0 aliphatic heterocycles. The van der Waals surface area contributed by atoms with E-state index in [1.165, 1.54) is 0 Å². The lowest BCUT2D eigenvalue weighted by Crippen LogP contribution is -2.03. The van der Waals surface area contributed by atoms with Crippen molar-refractivity contribution in [2.75, 3.05) is 0 Å². The van der Waals surface area contributed by atoms with Crippen LogP contribution in [0.2, 0.25) is 0 Å². The average molecular weight is 295 g/mol. The summed E-state index contributed by atoms with van der Waals surface area (Å²) in [5, 5.41) is 3.81. The first-order chi connectivity index (χ1) is 7.59. The van der Waals surface area contributed by atoms with Crippen LogP contribution in [0.5, 0.6) is 0 Å². The lowest BCUT2D eigenvalue weighted by molar-refractivity contribution is 0.103. The van der Waals surface area contributed by atoms with Gasteiger partial charge in [-0.1, -0.05) is 15.9 Å². The molecule has 2 aromatic rings. The van der Waals surface area contributed by atoms with Crippen molar-refractivity contribution in [3.8, 4) is 0 Å². The van der Waals surface area contributed by atoms with Gasteiger partial charge in [-0.15, -0.1) is 0 Å². The van der Waals surface area contributed by atoms with E-state index < -0.39 is 0 Å². The molecule has 0 fully saturated rings. The summed E-state index contributed by atoms with van der Waals surface area (Å²) in [4.78, 5) is 12.2. The van der Waals surface area contributed by atoms with Crippen molar-refractivity contribution in [2.45, 2.75) is 13.8 Å². The molecule has 0 aliphatic rings. The number of benzene rings is 1. The summed E-state index contributed by atoms with van der Waals surface area (Å²) in [5.41, 5.74) is 3.66. The largest absolute Gasteiger partial charge is 0.289 e. The Morgan fingerprint density at radius 2 is 2.00 bits per heavy atom. The zero-order valence-electron chi connectivity index (χ0n) is 9.08. The fraction of sp³-hybridized carbons (Fsp3) is 0.154. The van der Waals surface area contributed by atoms with E-state index in [9.17, 15) is 4.79 Å². The number of carbonyl (C=O) groups excluding carboxylic acids is 1. The first-order valence-electron chi connectivity index (χ1n) is 4.93. The predicted molar refractivity (Wildman–Crippen MR) is 71.4 cm³/mol.